The Labute approximate surface area is 170 Å². The highest BCUT2D eigenvalue weighted by Gasteiger charge is 2.44. The molecule has 3 heterocycles. The third-order valence-electron chi connectivity index (χ3n) is 4.83. The lowest BCUT2D eigenvalue weighted by atomic mass is 10.1. The van der Waals surface area contributed by atoms with Gasteiger partial charge in [-0.3, -0.25) is 9.12 Å². The standard InChI is InChI=1S/C17H19N5O7S/c23-6-11-13(24)14(25)17(29-11)22-8-21-12-15(19-7-20-16(12)22)18-5-9-1-3-10(4-2-9)30(26,27)28/h1-4,7-8,11,13-14,17,23-25H,5-6H2,(H,18,19,20)(H,26,27,28)/t11-,13-,14-,17-/m1/s1. The summed E-state index contributed by atoms with van der Waals surface area (Å²) in [5.41, 5.74) is 1.48. The van der Waals surface area contributed by atoms with E-state index in [1.54, 1.807) is 12.1 Å². The van der Waals surface area contributed by atoms with E-state index in [2.05, 4.69) is 20.3 Å². The number of ether oxygens (including phenoxy) is 1. The molecule has 1 aliphatic rings. The van der Waals surface area contributed by atoms with Crippen molar-refractivity contribution in [2.75, 3.05) is 11.9 Å². The van der Waals surface area contributed by atoms with Crippen molar-refractivity contribution in [2.24, 2.45) is 0 Å². The summed E-state index contributed by atoms with van der Waals surface area (Å²) in [6.45, 7) is -0.155. The topological polar surface area (TPSA) is 180 Å². The maximum absolute atomic E-state index is 11.1. The van der Waals surface area contributed by atoms with E-state index in [1.807, 2.05) is 0 Å². The number of nitrogens with zero attached hydrogens (tertiary/aromatic N) is 4. The van der Waals surface area contributed by atoms with Crippen molar-refractivity contribution in [2.45, 2.75) is 36.0 Å². The Morgan fingerprint density at radius 3 is 2.47 bits per heavy atom. The van der Waals surface area contributed by atoms with Gasteiger partial charge in [-0.25, -0.2) is 15.0 Å². The van der Waals surface area contributed by atoms with E-state index in [9.17, 15) is 23.7 Å². The Morgan fingerprint density at radius 2 is 1.83 bits per heavy atom. The van der Waals surface area contributed by atoms with Crippen LogP contribution in [0.5, 0.6) is 0 Å². The summed E-state index contributed by atoms with van der Waals surface area (Å²) in [7, 11) is -4.25. The second-order valence-corrected chi connectivity index (χ2v) is 8.17. The van der Waals surface area contributed by atoms with Crippen LogP contribution in [-0.2, 0) is 21.4 Å². The van der Waals surface area contributed by atoms with Crippen molar-refractivity contribution in [3.8, 4) is 0 Å². The van der Waals surface area contributed by atoms with Gasteiger partial charge in [0.1, 0.15) is 24.6 Å². The molecule has 30 heavy (non-hydrogen) atoms. The summed E-state index contributed by atoms with van der Waals surface area (Å²) in [6, 6.07) is 5.68. The highest BCUT2D eigenvalue weighted by Crippen LogP contribution is 2.32. The Balaban J connectivity index is 1.55. The summed E-state index contributed by atoms with van der Waals surface area (Å²) in [4.78, 5) is 12.4. The van der Waals surface area contributed by atoms with Crippen LogP contribution in [0.3, 0.4) is 0 Å². The first-order valence-electron chi connectivity index (χ1n) is 8.90. The normalized spacial score (nSPS) is 24.4. The molecule has 3 aromatic rings. The molecule has 13 heteroatoms. The molecule has 5 N–H and O–H groups in total. The largest absolute Gasteiger partial charge is 0.394 e. The van der Waals surface area contributed by atoms with Gasteiger partial charge in [0, 0.05) is 6.54 Å². The van der Waals surface area contributed by atoms with E-state index in [4.69, 9.17) is 9.29 Å². The molecule has 0 unspecified atom stereocenters. The third-order valence-corrected chi connectivity index (χ3v) is 5.70. The van der Waals surface area contributed by atoms with E-state index in [-0.39, 0.29) is 4.90 Å². The molecule has 1 aromatic carbocycles. The lowest BCUT2D eigenvalue weighted by Gasteiger charge is -2.16. The van der Waals surface area contributed by atoms with Gasteiger partial charge in [0.2, 0.25) is 0 Å². The SMILES string of the molecule is O=S(=O)(O)c1ccc(CNc2ncnc3c2ncn3[C@@H]2O[C@H](CO)[C@@H](O)[C@H]2O)cc1. The quantitative estimate of drug-likeness (QED) is 0.308. The van der Waals surface area contributed by atoms with Crippen LogP contribution >= 0.6 is 0 Å². The summed E-state index contributed by atoms with van der Waals surface area (Å²) < 4.78 is 38.2. The second kappa shape index (κ2) is 7.86. The van der Waals surface area contributed by atoms with Crippen molar-refractivity contribution < 1.29 is 33.0 Å². The number of imidazole rings is 1. The minimum Gasteiger partial charge on any atom is -0.394 e. The fourth-order valence-corrected chi connectivity index (χ4v) is 3.72. The molecule has 4 rings (SSSR count). The number of benzene rings is 1. The van der Waals surface area contributed by atoms with Gasteiger partial charge in [-0.1, -0.05) is 12.1 Å². The van der Waals surface area contributed by atoms with Crippen molar-refractivity contribution in [1.29, 1.82) is 0 Å². The Kier molecular flexibility index (Phi) is 5.40. The van der Waals surface area contributed by atoms with Crippen molar-refractivity contribution in [3.63, 3.8) is 0 Å². The zero-order chi connectivity index (χ0) is 21.5. The van der Waals surface area contributed by atoms with Crippen LogP contribution in [0.15, 0.2) is 41.8 Å². The monoisotopic (exact) mass is 437 g/mol. The van der Waals surface area contributed by atoms with Crippen LogP contribution < -0.4 is 5.32 Å². The van der Waals surface area contributed by atoms with Gasteiger partial charge in [-0.15, -0.1) is 0 Å². The fourth-order valence-electron chi connectivity index (χ4n) is 3.24. The molecular weight excluding hydrogens is 418 g/mol. The van der Waals surface area contributed by atoms with Crippen LogP contribution in [0, 0.1) is 0 Å². The van der Waals surface area contributed by atoms with Gasteiger partial charge < -0.3 is 25.4 Å². The molecule has 4 atom stereocenters. The van der Waals surface area contributed by atoms with Gasteiger partial charge in [-0.2, -0.15) is 8.42 Å². The minimum absolute atomic E-state index is 0.201. The lowest BCUT2D eigenvalue weighted by molar-refractivity contribution is -0.0511. The fraction of sp³-hybridized carbons (Fsp3) is 0.353. The van der Waals surface area contributed by atoms with Crippen LogP contribution in [0.2, 0.25) is 0 Å². The average molecular weight is 437 g/mol. The first kappa shape index (κ1) is 20.6. The zero-order valence-corrected chi connectivity index (χ0v) is 16.2. The number of hydrogen-bond donors (Lipinski definition) is 5. The molecular formula is C17H19N5O7S. The molecule has 0 aliphatic carbocycles. The number of aromatic nitrogens is 4. The van der Waals surface area contributed by atoms with Crippen LogP contribution in [0.4, 0.5) is 5.82 Å². The first-order valence-corrected chi connectivity index (χ1v) is 10.3. The van der Waals surface area contributed by atoms with Crippen molar-refractivity contribution >= 4 is 27.1 Å². The van der Waals surface area contributed by atoms with Crippen LogP contribution in [-0.4, -0.2) is 72.7 Å². The van der Waals surface area contributed by atoms with Gasteiger partial charge in [0.25, 0.3) is 10.1 Å². The van der Waals surface area contributed by atoms with E-state index < -0.39 is 41.3 Å². The van der Waals surface area contributed by atoms with Crippen molar-refractivity contribution in [1.82, 2.24) is 19.5 Å². The average Bonchev–Trinajstić information content (AvgIpc) is 3.27. The highest BCUT2D eigenvalue weighted by atomic mass is 32.2. The minimum atomic E-state index is -4.25. The number of aliphatic hydroxyl groups excluding tert-OH is 3. The summed E-state index contributed by atoms with van der Waals surface area (Å²) >= 11 is 0. The second-order valence-electron chi connectivity index (χ2n) is 6.75. The van der Waals surface area contributed by atoms with Gasteiger partial charge in [0.05, 0.1) is 17.8 Å². The predicted octanol–water partition coefficient (Wildman–Crippen LogP) is -0.703. The number of aliphatic hydroxyl groups is 3. The smallest absolute Gasteiger partial charge is 0.294 e. The number of hydrogen-bond acceptors (Lipinski definition) is 10. The highest BCUT2D eigenvalue weighted by molar-refractivity contribution is 7.85. The Bertz CT molecular complexity index is 1150. The first-order chi connectivity index (χ1) is 14.3. The number of nitrogens with one attached hydrogen (secondary N) is 1. The van der Waals surface area contributed by atoms with Gasteiger partial charge in [0.15, 0.2) is 23.2 Å². The summed E-state index contributed by atoms with van der Waals surface area (Å²) in [6.07, 6.45) is -1.72. The molecule has 1 fully saturated rings. The lowest BCUT2D eigenvalue weighted by Crippen LogP contribution is -2.33. The van der Waals surface area contributed by atoms with Gasteiger partial charge >= 0.3 is 0 Å². The summed E-state index contributed by atoms with van der Waals surface area (Å²) in [5, 5.41) is 32.5. The van der Waals surface area contributed by atoms with Crippen molar-refractivity contribution in [3.05, 3.63) is 42.5 Å². The molecule has 1 saturated heterocycles. The van der Waals surface area contributed by atoms with E-state index >= 15 is 0 Å². The van der Waals surface area contributed by atoms with E-state index in [1.165, 1.54) is 29.4 Å². The maximum atomic E-state index is 11.1. The molecule has 12 nitrogen and oxygen atoms in total. The molecule has 0 amide bonds. The van der Waals surface area contributed by atoms with Crippen LogP contribution in [0.1, 0.15) is 11.8 Å². The Morgan fingerprint density at radius 1 is 1.10 bits per heavy atom. The molecule has 0 spiro atoms. The molecule has 160 valence electrons. The maximum Gasteiger partial charge on any atom is 0.294 e. The Hall–Kier alpha value is -2.68. The summed E-state index contributed by atoms with van der Waals surface area (Å²) in [5.74, 6) is 0.393. The third kappa shape index (κ3) is 3.74. The van der Waals surface area contributed by atoms with Crippen LogP contribution in [0.25, 0.3) is 11.2 Å². The molecule has 2 aromatic heterocycles. The predicted molar refractivity (Wildman–Crippen MR) is 102 cm³/mol. The number of rotatable bonds is 6. The van der Waals surface area contributed by atoms with E-state index in [0.29, 0.717) is 23.5 Å². The molecule has 0 radical (unpaired) electrons. The number of fused-ring (bicyclic) bond motifs is 1. The number of anilines is 1. The molecule has 0 bridgehead atoms. The van der Waals surface area contributed by atoms with Gasteiger partial charge in [-0.05, 0) is 17.7 Å². The molecule has 1 aliphatic heterocycles. The van der Waals surface area contributed by atoms with E-state index in [0.717, 1.165) is 5.56 Å². The zero-order valence-electron chi connectivity index (χ0n) is 15.4. The molecule has 0 saturated carbocycles.